The molecule has 0 radical (unpaired) electrons. The van der Waals surface area contributed by atoms with E-state index in [4.69, 9.17) is 0 Å². The zero-order chi connectivity index (χ0) is 24.2. The molecule has 4 heterocycles. The number of alkyl halides is 2. The van der Waals surface area contributed by atoms with Crippen LogP contribution in [0, 0.1) is 0 Å². The molecular formula is C21H20F2N10O2. The van der Waals surface area contributed by atoms with Crippen LogP contribution < -0.4 is 20.9 Å². The highest BCUT2D eigenvalue weighted by atomic mass is 19.3. The van der Waals surface area contributed by atoms with Gasteiger partial charge in [0.25, 0.3) is 5.56 Å². The van der Waals surface area contributed by atoms with Crippen molar-refractivity contribution in [2.24, 2.45) is 0 Å². The second-order valence-electron chi connectivity index (χ2n) is 7.86. The maximum Gasteiger partial charge on any atom is 0.387 e. The van der Waals surface area contributed by atoms with Crippen LogP contribution in [-0.2, 0) is 0 Å². The lowest BCUT2D eigenvalue weighted by atomic mass is 10.2. The van der Waals surface area contributed by atoms with Gasteiger partial charge in [-0.2, -0.15) is 8.78 Å². The van der Waals surface area contributed by atoms with Crippen molar-refractivity contribution in [3.63, 3.8) is 0 Å². The van der Waals surface area contributed by atoms with Crippen LogP contribution in [0.3, 0.4) is 0 Å². The molecule has 0 amide bonds. The average Bonchev–Trinajstić information content (AvgIpc) is 3.53. The smallest absolute Gasteiger partial charge is 0.387 e. The lowest BCUT2D eigenvalue weighted by Crippen LogP contribution is -2.22. The number of nitrogens with zero attached hydrogens (tertiary/aromatic N) is 7. The maximum atomic E-state index is 12.8. The number of H-pyrrole nitrogens is 1. The van der Waals surface area contributed by atoms with Crippen molar-refractivity contribution in [3.8, 4) is 22.8 Å². The van der Waals surface area contributed by atoms with Crippen molar-refractivity contribution in [2.75, 3.05) is 10.6 Å². The van der Waals surface area contributed by atoms with Gasteiger partial charge in [0.2, 0.25) is 5.95 Å². The molecule has 1 aliphatic carbocycles. The molecule has 1 saturated carbocycles. The minimum absolute atomic E-state index is 0.0880. The van der Waals surface area contributed by atoms with Crippen LogP contribution in [-0.4, -0.2) is 58.8 Å². The largest absolute Gasteiger partial charge is 0.432 e. The predicted octanol–water partition coefficient (Wildman–Crippen LogP) is 2.25. The number of nitrogens with one attached hydrogen (secondary N) is 3. The van der Waals surface area contributed by atoms with E-state index in [0.29, 0.717) is 28.8 Å². The van der Waals surface area contributed by atoms with Crippen LogP contribution in [0.5, 0.6) is 5.75 Å². The molecule has 4 aromatic rings. The molecule has 0 aliphatic heterocycles. The molecule has 4 aromatic heterocycles. The fourth-order valence-electron chi connectivity index (χ4n) is 3.95. The zero-order valence-electron chi connectivity index (χ0n) is 18.2. The Kier molecular flexibility index (Phi) is 6.24. The van der Waals surface area contributed by atoms with E-state index in [0.717, 1.165) is 19.3 Å². The van der Waals surface area contributed by atoms with Gasteiger partial charge < -0.3 is 15.4 Å². The minimum Gasteiger partial charge on any atom is -0.432 e. The highest BCUT2D eigenvalue weighted by Gasteiger charge is 2.25. The normalized spacial score (nSPS) is 17.5. The van der Waals surface area contributed by atoms with Gasteiger partial charge in [0.05, 0.1) is 29.8 Å². The summed E-state index contributed by atoms with van der Waals surface area (Å²) in [7, 11) is 0. The maximum absolute atomic E-state index is 12.8. The van der Waals surface area contributed by atoms with E-state index in [1.54, 1.807) is 30.6 Å². The van der Waals surface area contributed by atoms with Gasteiger partial charge in [-0.15, -0.1) is 5.10 Å². The number of hydrogen-bond acceptors (Lipinski definition) is 10. The molecule has 0 aromatic carbocycles. The third kappa shape index (κ3) is 5.20. The fourth-order valence-corrected chi connectivity index (χ4v) is 3.95. The number of hydrogen-bond donors (Lipinski definition) is 3. The van der Waals surface area contributed by atoms with Crippen molar-refractivity contribution < 1.29 is 13.5 Å². The Hall–Kier alpha value is -4.49. The second-order valence-corrected chi connectivity index (χ2v) is 7.86. The van der Waals surface area contributed by atoms with Crippen LogP contribution in [0.1, 0.15) is 19.3 Å². The summed E-state index contributed by atoms with van der Waals surface area (Å²) in [5, 5.41) is 20.0. The Labute approximate surface area is 196 Å². The SMILES string of the molecule is O=c1c(-c2nnn[nH]2)cccn1-c1ccc(N[C@H]2CC[C@H](Nc3ncc(OC(F)F)cn3)C2)nc1. The molecule has 0 saturated heterocycles. The average molecular weight is 482 g/mol. The lowest BCUT2D eigenvalue weighted by molar-refractivity contribution is -0.0503. The van der Waals surface area contributed by atoms with Crippen LogP contribution in [0.25, 0.3) is 17.1 Å². The van der Waals surface area contributed by atoms with E-state index in [1.807, 2.05) is 6.07 Å². The quantitative estimate of drug-likeness (QED) is 0.341. The van der Waals surface area contributed by atoms with Crippen LogP contribution in [0.2, 0.25) is 0 Å². The Bertz CT molecular complexity index is 1310. The highest BCUT2D eigenvalue weighted by Crippen LogP contribution is 2.25. The van der Waals surface area contributed by atoms with Gasteiger partial charge in [-0.25, -0.2) is 20.1 Å². The molecule has 14 heteroatoms. The highest BCUT2D eigenvalue weighted by molar-refractivity contribution is 5.53. The molecule has 3 N–H and O–H groups in total. The first kappa shape index (κ1) is 22.3. The van der Waals surface area contributed by atoms with E-state index in [-0.39, 0.29) is 23.4 Å². The van der Waals surface area contributed by atoms with E-state index < -0.39 is 6.61 Å². The van der Waals surface area contributed by atoms with Crippen LogP contribution in [0.15, 0.2) is 53.8 Å². The summed E-state index contributed by atoms with van der Waals surface area (Å²) in [5.74, 6) is 1.25. The van der Waals surface area contributed by atoms with Crippen LogP contribution >= 0.6 is 0 Å². The first-order valence-corrected chi connectivity index (χ1v) is 10.8. The molecule has 0 unspecified atom stereocenters. The number of anilines is 2. The molecule has 180 valence electrons. The number of ether oxygens (including phenoxy) is 1. The van der Waals surface area contributed by atoms with Crippen molar-refractivity contribution in [2.45, 2.75) is 38.0 Å². The zero-order valence-corrected chi connectivity index (χ0v) is 18.2. The molecule has 2 atom stereocenters. The van der Waals surface area contributed by atoms with E-state index in [1.165, 1.54) is 17.0 Å². The summed E-state index contributed by atoms with van der Waals surface area (Å²) in [4.78, 5) is 25.3. The molecule has 35 heavy (non-hydrogen) atoms. The molecule has 1 fully saturated rings. The van der Waals surface area contributed by atoms with E-state index in [2.05, 4.69) is 50.9 Å². The molecule has 0 bridgehead atoms. The van der Waals surface area contributed by atoms with Crippen LogP contribution in [0.4, 0.5) is 20.5 Å². The third-order valence-corrected chi connectivity index (χ3v) is 5.54. The van der Waals surface area contributed by atoms with Crippen molar-refractivity contribution in [3.05, 3.63) is 59.4 Å². The first-order valence-electron chi connectivity index (χ1n) is 10.8. The number of pyridine rings is 2. The van der Waals surface area contributed by atoms with E-state index >= 15 is 0 Å². The lowest BCUT2D eigenvalue weighted by Gasteiger charge is -2.15. The van der Waals surface area contributed by atoms with Crippen molar-refractivity contribution in [1.29, 1.82) is 0 Å². The van der Waals surface area contributed by atoms with Gasteiger partial charge in [-0.05, 0) is 54.0 Å². The molecule has 1 aliphatic rings. The van der Waals surface area contributed by atoms with Gasteiger partial charge in [0.1, 0.15) is 5.82 Å². The number of aromatic nitrogens is 8. The third-order valence-electron chi connectivity index (χ3n) is 5.54. The summed E-state index contributed by atoms with van der Waals surface area (Å²) < 4.78 is 30.2. The fraction of sp³-hybridized carbons (Fsp3) is 0.286. The minimum atomic E-state index is -2.91. The molecular weight excluding hydrogens is 462 g/mol. The summed E-state index contributed by atoms with van der Waals surface area (Å²) in [5.41, 5.74) is 0.691. The Morgan fingerprint density at radius 2 is 1.86 bits per heavy atom. The first-order chi connectivity index (χ1) is 17.0. The van der Waals surface area contributed by atoms with Crippen molar-refractivity contribution >= 4 is 11.8 Å². The van der Waals surface area contributed by atoms with E-state index in [9.17, 15) is 13.6 Å². The summed E-state index contributed by atoms with van der Waals surface area (Å²) in [6.45, 7) is -2.91. The Morgan fingerprint density at radius 1 is 1.06 bits per heavy atom. The predicted molar refractivity (Wildman–Crippen MR) is 120 cm³/mol. The Balaban J connectivity index is 1.19. The van der Waals surface area contributed by atoms with Crippen molar-refractivity contribution in [1.82, 2.24) is 40.1 Å². The van der Waals surface area contributed by atoms with Gasteiger partial charge in [0, 0.05) is 18.3 Å². The molecule has 12 nitrogen and oxygen atoms in total. The summed E-state index contributed by atoms with van der Waals surface area (Å²) in [6.07, 6.45) is 8.28. The van der Waals surface area contributed by atoms with Gasteiger partial charge in [0.15, 0.2) is 11.6 Å². The van der Waals surface area contributed by atoms with Gasteiger partial charge in [-0.1, -0.05) is 0 Å². The Morgan fingerprint density at radius 3 is 2.54 bits per heavy atom. The number of rotatable bonds is 8. The molecule has 5 rings (SSSR count). The topological polar surface area (TPSA) is 148 Å². The number of halogens is 2. The monoisotopic (exact) mass is 482 g/mol. The summed E-state index contributed by atoms with van der Waals surface area (Å²) in [6, 6.07) is 7.31. The standard InChI is InChI=1S/C21H20F2N10O2/c22-20(23)35-15-10-25-21(26-11-15)28-13-4-3-12(8-13)27-17-6-5-14(9-24-17)33-7-1-2-16(19(33)34)18-29-31-32-30-18/h1-2,5-7,9-13,20H,3-4,8H2,(H,24,27)(H,25,26,28)(H,29,30,31,32)/t12-,13-/m0/s1. The number of tetrazole rings is 1. The molecule has 0 spiro atoms. The summed E-state index contributed by atoms with van der Waals surface area (Å²) >= 11 is 0. The van der Waals surface area contributed by atoms with Gasteiger partial charge >= 0.3 is 6.61 Å². The second kappa shape index (κ2) is 9.79. The number of aromatic amines is 1. The van der Waals surface area contributed by atoms with Gasteiger partial charge in [-0.3, -0.25) is 9.36 Å².